The van der Waals surface area contributed by atoms with Crippen molar-refractivity contribution in [3.63, 3.8) is 0 Å². The molecule has 1 atom stereocenters. The van der Waals surface area contributed by atoms with E-state index in [9.17, 15) is 26.3 Å². The van der Waals surface area contributed by atoms with Gasteiger partial charge in [0.1, 0.15) is 0 Å². The summed E-state index contributed by atoms with van der Waals surface area (Å²) < 4.78 is 63.5. The summed E-state index contributed by atoms with van der Waals surface area (Å²) in [6.45, 7) is 17.1. The molecule has 50 heavy (non-hydrogen) atoms. The molecule has 2 aromatic rings. The van der Waals surface area contributed by atoms with Crippen molar-refractivity contribution in [3.8, 4) is 0 Å². The van der Waals surface area contributed by atoms with Gasteiger partial charge in [-0.15, -0.1) is 0 Å². The number of rotatable bonds is 5. The SMILES string of the molecule is C[C@H]([C]1[CH][CH][CH][C]1P(c1ccccc1)c1ccccc1)P(C(C)(C)C)C(C)(C)C.O=C(O)C(F)(F)F.O=C(O)C(F)(F)F.[CH]1[CH][CH][CH][CH]1.[Fe+2].[Ru+2]. The van der Waals surface area contributed by atoms with Gasteiger partial charge in [-0.25, -0.2) is 9.59 Å². The number of halogens is 6. The number of carboxylic acid groups (broad SMARTS) is 2. The van der Waals surface area contributed by atoms with Crippen molar-refractivity contribution >= 4 is 38.4 Å². The fraction of sp³-hybridized carbons (Fsp3) is 0.333. The Morgan fingerprint density at radius 3 is 1.16 bits per heavy atom. The van der Waals surface area contributed by atoms with E-state index in [1.165, 1.54) is 16.3 Å². The molecule has 0 saturated heterocycles. The summed E-state index contributed by atoms with van der Waals surface area (Å²) in [7, 11) is -0.771. The Balaban J connectivity index is 0. The van der Waals surface area contributed by atoms with Crippen molar-refractivity contribution in [3.05, 3.63) is 124 Å². The topological polar surface area (TPSA) is 74.6 Å². The molecule has 10 radical (unpaired) electrons. The minimum absolute atomic E-state index is 0. The van der Waals surface area contributed by atoms with Crippen molar-refractivity contribution in [2.24, 2.45) is 0 Å². The summed E-state index contributed by atoms with van der Waals surface area (Å²) in [4.78, 5) is 17.8. The maximum Gasteiger partial charge on any atom is 2.00 e. The predicted octanol–water partition coefficient (Wildman–Crippen LogP) is 9.60. The molecule has 0 spiro atoms. The van der Waals surface area contributed by atoms with E-state index in [1.54, 1.807) is 5.92 Å². The van der Waals surface area contributed by atoms with E-state index < -0.39 is 32.2 Å². The van der Waals surface area contributed by atoms with Crippen LogP contribution in [0.15, 0.2) is 60.7 Å². The van der Waals surface area contributed by atoms with Gasteiger partial charge in [0, 0.05) is 5.66 Å². The number of alkyl halides is 6. The molecule has 2 aliphatic rings. The zero-order chi connectivity index (χ0) is 36.9. The molecule has 2 aromatic carbocycles. The molecule has 0 aromatic heterocycles. The molecule has 274 valence electrons. The Morgan fingerprint density at radius 2 is 0.900 bits per heavy atom. The van der Waals surface area contributed by atoms with Crippen molar-refractivity contribution < 1.29 is 82.7 Å². The second kappa shape index (κ2) is 22.9. The van der Waals surface area contributed by atoms with E-state index in [0.717, 1.165) is 0 Å². The number of carbonyl (C=O) groups is 2. The van der Waals surface area contributed by atoms with Crippen molar-refractivity contribution in [1.82, 2.24) is 0 Å². The molecular formula is C36H42F6FeO4P2Ru+4. The normalized spacial score (nSPS) is 16.0. The Hall–Kier alpha value is -1.04. The van der Waals surface area contributed by atoms with Gasteiger partial charge in [-0.2, -0.15) is 26.3 Å². The monoisotopic (exact) mass is 872 g/mol. The van der Waals surface area contributed by atoms with E-state index in [0.29, 0.717) is 16.0 Å². The third-order valence-electron chi connectivity index (χ3n) is 6.42. The number of aliphatic carboxylic acids is 2. The van der Waals surface area contributed by atoms with Gasteiger partial charge < -0.3 is 10.2 Å². The van der Waals surface area contributed by atoms with Crippen LogP contribution in [0.25, 0.3) is 0 Å². The van der Waals surface area contributed by atoms with Gasteiger partial charge in [0.2, 0.25) is 0 Å². The first-order valence-electron chi connectivity index (χ1n) is 14.7. The van der Waals surface area contributed by atoms with Gasteiger partial charge in [-0.1, -0.05) is 117 Å². The zero-order valence-electron chi connectivity index (χ0n) is 28.5. The zero-order valence-corrected chi connectivity index (χ0v) is 33.2. The molecule has 2 aliphatic carbocycles. The van der Waals surface area contributed by atoms with Crippen LogP contribution in [0.3, 0.4) is 0 Å². The molecule has 4 rings (SSSR count). The van der Waals surface area contributed by atoms with Crippen LogP contribution in [0.2, 0.25) is 0 Å². The van der Waals surface area contributed by atoms with Gasteiger partial charge in [0.05, 0.1) is 0 Å². The minimum atomic E-state index is -5.08. The van der Waals surface area contributed by atoms with E-state index in [2.05, 4.69) is 128 Å². The summed E-state index contributed by atoms with van der Waals surface area (Å²) in [5, 5.41) is 17.7. The Bertz CT molecular complexity index is 1150. The van der Waals surface area contributed by atoms with Gasteiger partial charge in [0.25, 0.3) is 0 Å². The molecule has 0 heterocycles. The van der Waals surface area contributed by atoms with Crippen molar-refractivity contribution in [2.75, 3.05) is 0 Å². The summed E-state index contributed by atoms with van der Waals surface area (Å²) in [5.41, 5.74) is 2.10. The molecule has 2 fully saturated rings. The van der Waals surface area contributed by atoms with Crippen molar-refractivity contribution in [1.29, 1.82) is 0 Å². The van der Waals surface area contributed by atoms with Crippen LogP contribution in [0.5, 0.6) is 0 Å². The van der Waals surface area contributed by atoms with Crippen LogP contribution >= 0.6 is 15.8 Å². The number of benzene rings is 2. The Kier molecular flexibility index (Phi) is 23.4. The Labute approximate surface area is 320 Å². The average molecular weight is 872 g/mol. The fourth-order valence-electron chi connectivity index (χ4n) is 5.19. The molecule has 0 aliphatic heterocycles. The molecular weight excluding hydrogens is 829 g/mol. The molecule has 2 saturated carbocycles. The summed E-state index contributed by atoms with van der Waals surface area (Å²) in [6, 6.07) is 22.2. The largest absolute Gasteiger partial charge is 2.00 e. The number of hydrogen-bond acceptors (Lipinski definition) is 2. The van der Waals surface area contributed by atoms with Crippen LogP contribution in [-0.4, -0.2) is 50.5 Å². The smallest absolute Gasteiger partial charge is 0.475 e. The maximum atomic E-state index is 10.6. The van der Waals surface area contributed by atoms with Gasteiger partial charge >= 0.3 is 60.8 Å². The van der Waals surface area contributed by atoms with E-state index in [1.807, 2.05) is 32.1 Å². The van der Waals surface area contributed by atoms with Crippen LogP contribution in [0.1, 0.15) is 48.5 Å². The molecule has 0 unspecified atom stereocenters. The first kappa shape index (κ1) is 51.1. The first-order chi connectivity index (χ1) is 22.0. The maximum absolute atomic E-state index is 10.6. The molecule has 4 nitrogen and oxygen atoms in total. The quantitative estimate of drug-likeness (QED) is 0.179. The molecule has 14 heteroatoms. The van der Waals surface area contributed by atoms with E-state index in [-0.39, 0.29) is 44.5 Å². The van der Waals surface area contributed by atoms with E-state index >= 15 is 0 Å². The second-order valence-corrected chi connectivity index (χ2v) is 18.7. The van der Waals surface area contributed by atoms with Crippen molar-refractivity contribution in [2.45, 2.75) is 76.8 Å². The predicted molar refractivity (Wildman–Crippen MR) is 183 cm³/mol. The van der Waals surface area contributed by atoms with Gasteiger partial charge in [-0.3, -0.25) is 0 Å². The molecule has 2 N–H and O–H groups in total. The number of hydrogen-bond donors (Lipinski definition) is 2. The van der Waals surface area contributed by atoms with Crippen LogP contribution in [-0.2, 0) is 46.1 Å². The van der Waals surface area contributed by atoms with Crippen LogP contribution in [0, 0.1) is 62.9 Å². The molecule has 0 bridgehead atoms. The minimum Gasteiger partial charge on any atom is -0.475 e. The van der Waals surface area contributed by atoms with E-state index in [4.69, 9.17) is 19.8 Å². The third kappa shape index (κ3) is 18.1. The summed E-state index contributed by atoms with van der Waals surface area (Å²) >= 11 is 0. The van der Waals surface area contributed by atoms with Gasteiger partial charge in [0.15, 0.2) is 0 Å². The first-order valence-corrected chi connectivity index (χ1v) is 17.5. The van der Waals surface area contributed by atoms with Crippen LogP contribution < -0.4 is 10.6 Å². The third-order valence-corrected chi connectivity index (χ3v) is 12.9. The molecule has 0 amide bonds. The summed E-state index contributed by atoms with van der Waals surface area (Å²) in [5.74, 6) is -3.96. The standard InChI is InChI=1S/C27H35P2.C5H5.2C2HF3O2.Fe.Ru/c1-21(29(26(2,3)4)27(5,6)7)24-19-14-20-25(24)28(22-15-10-8-11-16-22)23-17-12-9-13-18-23;1-2-4-5-3-1;2*3-2(4,5)1(6)7;;/h8-21H,1-7H3;1-5H;2*(H,6,7);;/q;;;;2*+2/t21-;;;;;/m1...../s1. The fourth-order valence-corrected chi connectivity index (χ4v) is 12.7. The van der Waals surface area contributed by atoms with Crippen LogP contribution in [0.4, 0.5) is 26.3 Å². The second-order valence-electron chi connectivity index (χ2n) is 12.3. The number of carboxylic acids is 2. The van der Waals surface area contributed by atoms with Gasteiger partial charge in [-0.05, 0) is 91.8 Å². The summed E-state index contributed by atoms with van der Waals surface area (Å²) in [6.07, 6.45) is 6.89. The average Bonchev–Trinajstić information content (AvgIpc) is 3.69. The Morgan fingerprint density at radius 1 is 0.600 bits per heavy atom.